The fourth-order valence-electron chi connectivity index (χ4n) is 3.09. The molecule has 1 heterocycles. The molecule has 0 aromatic heterocycles. The third-order valence-electron chi connectivity index (χ3n) is 4.17. The third kappa shape index (κ3) is 2.91. The molecule has 2 rings (SSSR count). The Morgan fingerprint density at radius 3 is 2.63 bits per heavy atom. The average Bonchev–Trinajstić information content (AvgIpc) is 2.41. The average molecular weight is 268 g/mol. The van der Waals surface area contributed by atoms with Gasteiger partial charge in [-0.1, -0.05) is 19.3 Å². The van der Waals surface area contributed by atoms with Crippen molar-refractivity contribution < 1.29 is 14.3 Å². The first-order chi connectivity index (χ1) is 9.09. The van der Waals surface area contributed by atoms with Crippen LogP contribution < -0.4 is 5.32 Å². The van der Waals surface area contributed by atoms with Crippen molar-refractivity contribution >= 4 is 11.8 Å². The molecule has 1 saturated carbocycles. The van der Waals surface area contributed by atoms with Gasteiger partial charge < -0.3 is 15.0 Å². The van der Waals surface area contributed by atoms with E-state index in [2.05, 4.69) is 5.32 Å². The summed E-state index contributed by atoms with van der Waals surface area (Å²) in [6.07, 6.45) is 4.73. The highest BCUT2D eigenvalue weighted by Crippen LogP contribution is 2.32. The molecule has 0 aromatic rings. The number of carbonyl (C=O) groups excluding carboxylic acids is 2. The maximum absolute atomic E-state index is 12.7. The molecule has 1 aliphatic heterocycles. The lowest BCUT2D eigenvalue weighted by Gasteiger charge is -2.45. The van der Waals surface area contributed by atoms with E-state index in [0.29, 0.717) is 13.2 Å². The summed E-state index contributed by atoms with van der Waals surface area (Å²) in [7, 11) is 0. The predicted octanol–water partition coefficient (Wildman–Crippen LogP) is 1.07. The Morgan fingerprint density at radius 1 is 1.32 bits per heavy atom. The SMILES string of the molecule is CCOCC(C)N1CC(=O)NC2(CCCCC2)C1=O. The van der Waals surface area contributed by atoms with Crippen LogP contribution in [-0.2, 0) is 14.3 Å². The normalized spacial score (nSPS) is 24.4. The van der Waals surface area contributed by atoms with Crippen LogP contribution in [0.2, 0.25) is 0 Å². The number of piperazine rings is 1. The van der Waals surface area contributed by atoms with Gasteiger partial charge in [0.05, 0.1) is 19.2 Å². The van der Waals surface area contributed by atoms with Gasteiger partial charge in [0.1, 0.15) is 5.54 Å². The van der Waals surface area contributed by atoms with Crippen molar-refractivity contribution in [2.24, 2.45) is 0 Å². The minimum atomic E-state index is -0.631. The zero-order chi connectivity index (χ0) is 13.9. The van der Waals surface area contributed by atoms with E-state index in [1.165, 1.54) is 0 Å². The molecule has 1 N–H and O–H groups in total. The number of hydrogen-bond donors (Lipinski definition) is 1. The maximum atomic E-state index is 12.7. The molecular weight excluding hydrogens is 244 g/mol. The molecule has 1 saturated heterocycles. The van der Waals surface area contributed by atoms with Crippen LogP contribution in [0.3, 0.4) is 0 Å². The van der Waals surface area contributed by atoms with Crippen molar-refractivity contribution in [2.45, 2.75) is 57.5 Å². The molecule has 108 valence electrons. The minimum absolute atomic E-state index is 0.0372. The number of nitrogens with one attached hydrogen (secondary N) is 1. The Labute approximate surface area is 114 Å². The lowest BCUT2D eigenvalue weighted by Crippen LogP contribution is -2.68. The van der Waals surface area contributed by atoms with Crippen molar-refractivity contribution in [3.8, 4) is 0 Å². The summed E-state index contributed by atoms with van der Waals surface area (Å²) in [5.74, 6) is 0.0452. The largest absolute Gasteiger partial charge is 0.380 e. The van der Waals surface area contributed by atoms with Gasteiger partial charge >= 0.3 is 0 Å². The van der Waals surface area contributed by atoms with E-state index in [0.717, 1.165) is 32.1 Å². The molecule has 1 aliphatic carbocycles. The van der Waals surface area contributed by atoms with Crippen molar-refractivity contribution in [3.05, 3.63) is 0 Å². The lowest BCUT2D eigenvalue weighted by atomic mass is 9.79. The Morgan fingerprint density at radius 2 is 2.00 bits per heavy atom. The standard InChI is InChI=1S/C14H24N2O3/c1-3-19-10-11(2)16-9-12(17)15-14(13(16)18)7-5-4-6-8-14/h11H,3-10H2,1-2H3,(H,15,17). The second-order valence-corrected chi connectivity index (χ2v) is 5.63. The Bertz CT molecular complexity index is 351. The third-order valence-corrected chi connectivity index (χ3v) is 4.17. The highest BCUT2D eigenvalue weighted by atomic mass is 16.5. The van der Waals surface area contributed by atoms with Crippen LogP contribution in [0.1, 0.15) is 46.0 Å². The zero-order valence-electron chi connectivity index (χ0n) is 11.9. The monoisotopic (exact) mass is 268 g/mol. The van der Waals surface area contributed by atoms with E-state index in [1.54, 1.807) is 4.90 Å². The van der Waals surface area contributed by atoms with E-state index in [9.17, 15) is 9.59 Å². The summed E-state index contributed by atoms with van der Waals surface area (Å²) < 4.78 is 5.38. The molecule has 5 nitrogen and oxygen atoms in total. The van der Waals surface area contributed by atoms with Crippen molar-refractivity contribution in [1.82, 2.24) is 10.2 Å². The van der Waals surface area contributed by atoms with Gasteiger partial charge in [-0.25, -0.2) is 0 Å². The molecule has 1 atom stereocenters. The number of nitrogens with zero attached hydrogens (tertiary/aromatic N) is 1. The van der Waals surface area contributed by atoms with Gasteiger partial charge in [0.2, 0.25) is 11.8 Å². The fourth-order valence-corrected chi connectivity index (χ4v) is 3.09. The smallest absolute Gasteiger partial charge is 0.249 e. The summed E-state index contributed by atoms with van der Waals surface area (Å²) >= 11 is 0. The Balaban J connectivity index is 2.11. The molecular formula is C14H24N2O3. The zero-order valence-corrected chi connectivity index (χ0v) is 11.9. The maximum Gasteiger partial charge on any atom is 0.249 e. The minimum Gasteiger partial charge on any atom is -0.380 e. The summed E-state index contributed by atoms with van der Waals surface area (Å²) in [5.41, 5.74) is -0.631. The van der Waals surface area contributed by atoms with Crippen LogP contribution >= 0.6 is 0 Å². The number of carbonyl (C=O) groups is 2. The molecule has 2 fully saturated rings. The van der Waals surface area contributed by atoms with Gasteiger partial charge in [0.25, 0.3) is 0 Å². The van der Waals surface area contributed by atoms with Crippen molar-refractivity contribution in [2.75, 3.05) is 19.8 Å². The van der Waals surface area contributed by atoms with Crippen LogP contribution in [0.15, 0.2) is 0 Å². The number of rotatable bonds is 4. The molecule has 19 heavy (non-hydrogen) atoms. The van der Waals surface area contributed by atoms with E-state index in [1.807, 2.05) is 13.8 Å². The van der Waals surface area contributed by atoms with Crippen LogP contribution in [0.5, 0.6) is 0 Å². The number of ether oxygens (including phenoxy) is 1. The van der Waals surface area contributed by atoms with Gasteiger partial charge in [-0.2, -0.15) is 0 Å². The van der Waals surface area contributed by atoms with E-state index in [-0.39, 0.29) is 24.4 Å². The summed E-state index contributed by atoms with van der Waals surface area (Å²) in [6.45, 7) is 5.16. The van der Waals surface area contributed by atoms with Crippen molar-refractivity contribution in [1.29, 1.82) is 0 Å². The van der Waals surface area contributed by atoms with E-state index < -0.39 is 5.54 Å². The molecule has 2 aliphatic rings. The van der Waals surface area contributed by atoms with Crippen LogP contribution in [0.4, 0.5) is 0 Å². The first-order valence-electron chi connectivity index (χ1n) is 7.29. The van der Waals surface area contributed by atoms with Crippen LogP contribution in [0, 0.1) is 0 Å². The summed E-state index contributed by atoms with van der Waals surface area (Å²) in [5, 5.41) is 2.95. The topological polar surface area (TPSA) is 58.6 Å². The van der Waals surface area contributed by atoms with Crippen LogP contribution in [0.25, 0.3) is 0 Å². The molecule has 0 aromatic carbocycles. The van der Waals surface area contributed by atoms with Gasteiger partial charge in [0, 0.05) is 6.61 Å². The predicted molar refractivity (Wildman–Crippen MR) is 71.6 cm³/mol. The highest BCUT2D eigenvalue weighted by molar-refractivity contribution is 5.98. The van der Waals surface area contributed by atoms with Gasteiger partial charge in [-0.15, -0.1) is 0 Å². The van der Waals surface area contributed by atoms with Gasteiger partial charge in [0.15, 0.2) is 0 Å². The van der Waals surface area contributed by atoms with Crippen LogP contribution in [-0.4, -0.2) is 48.1 Å². The summed E-state index contributed by atoms with van der Waals surface area (Å²) in [4.78, 5) is 26.3. The number of amides is 2. The Kier molecular flexibility index (Phi) is 4.45. The second-order valence-electron chi connectivity index (χ2n) is 5.63. The van der Waals surface area contributed by atoms with E-state index >= 15 is 0 Å². The molecule has 1 unspecified atom stereocenters. The van der Waals surface area contributed by atoms with E-state index in [4.69, 9.17) is 4.74 Å². The quantitative estimate of drug-likeness (QED) is 0.830. The summed E-state index contributed by atoms with van der Waals surface area (Å²) in [6, 6.07) is -0.0442. The highest BCUT2D eigenvalue weighted by Gasteiger charge is 2.47. The lowest BCUT2D eigenvalue weighted by molar-refractivity contribution is -0.154. The molecule has 0 bridgehead atoms. The first kappa shape index (κ1) is 14.3. The fraction of sp³-hybridized carbons (Fsp3) is 0.857. The molecule has 5 heteroatoms. The Hall–Kier alpha value is -1.10. The first-order valence-corrected chi connectivity index (χ1v) is 7.29. The molecule has 1 spiro atoms. The molecule has 0 radical (unpaired) electrons. The second kappa shape index (κ2) is 5.90. The van der Waals surface area contributed by atoms with Gasteiger partial charge in [-0.05, 0) is 26.7 Å². The van der Waals surface area contributed by atoms with Crippen molar-refractivity contribution in [3.63, 3.8) is 0 Å². The number of hydrogen-bond acceptors (Lipinski definition) is 3. The molecule has 2 amide bonds. The van der Waals surface area contributed by atoms with Gasteiger partial charge in [-0.3, -0.25) is 9.59 Å².